The quantitative estimate of drug-likeness (QED) is 0.711. The van der Waals surface area contributed by atoms with Crippen LogP contribution < -0.4 is 5.32 Å². The zero-order chi connectivity index (χ0) is 21.3. The smallest absolute Gasteiger partial charge is 0.321 e. The molecule has 0 aromatic heterocycles. The lowest BCUT2D eigenvalue weighted by Gasteiger charge is -2.44. The van der Waals surface area contributed by atoms with Gasteiger partial charge in [-0.05, 0) is 49.2 Å². The van der Waals surface area contributed by atoms with E-state index < -0.39 is 17.7 Å². The maximum atomic E-state index is 13.8. The average molecular weight is 452 g/mol. The van der Waals surface area contributed by atoms with Crippen molar-refractivity contribution in [2.75, 3.05) is 30.7 Å². The summed E-state index contributed by atoms with van der Waals surface area (Å²) in [4.78, 5) is 28.7. The Labute approximate surface area is 182 Å². The van der Waals surface area contributed by atoms with Crippen molar-refractivity contribution >= 4 is 41.0 Å². The number of carbonyl (C=O) groups is 2. The summed E-state index contributed by atoms with van der Waals surface area (Å²) in [5, 5.41) is 3.07. The van der Waals surface area contributed by atoms with Crippen LogP contribution in [0.1, 0.15) is 23.2 Å². The van der Waals surface area contributed by atoms with Crippen molar-refractivity contribution in [3.63, 3.8) is 0 Å². The van der Waals surface area contributed by atoms with E-state index >= 15 is 0 Å². The van der Waals surface area contributed by atoms with Gasteiger partial charge in [-0.15, -0.1) is 11.8 Å². The molecule has 2 aliphatic rings. The van der Waals surface area contributed by atoms with Gasteiger partial charge in [0.2, 0.25) is 0 Å². The zero-order valence-electron chi connectivity index (χ0n) is 16.0. The number of nitrogens with one attached hydrogen (secondary N) is 1. The predicted octanol–water partition coefficient (Wildman–Crippen LogP) is 4.83. The number of likely N-dealkylation sites (tertiary alicyclic amines) is 1. The van der Waals surface area contributed by atoms with Crippen LogP contribution in [0.2, 0.25) is 5.02 Å². The van der Waals surface area contributed by atoms with E-state index in [0.717, 1.165) is 17.9 Å². The highest BCUT2D eigenvalue weighted by molar-refractivity contribution is 8.00. The summed E-state index contributed by atoms with van der Waals surface area (Å²) in [6.45, 7) is 1.53. The molecule has 0 radical (unpaired) electrons. The van der Waals surface area contributed by atoms with Gasteiger partial charge >= 0.3 is 6.03 Å². The first-order valence-corrected chi connectivity index (χ1v) is 11.0. The summed E-state index contributed by atoms with van der Waals surface area (Å²) in [6.07, 6.45) is 1.24. The van der Waals surface area contributed by atoms with E-state index in [0.29, 0.717) is 43.1 Å². The fraction of sp³-hybridized carbons (Fsp3) is 0.333. The minimum atomic E-state index is -0.817. The summed E-state index contributed by atoms with van der Waals surface area (Å²) in [5.41, 5.74) is 0.532. The highest BCUT2D eigenvalue weighted by atomic mass is 35.5. The van der Waals surface area contributed by atoms with Crippen molar-refractivity contribution in [2.45, 2.75) is 17.7 Å². The van der Waals surface area contributed by atoms with Gasteiger partial charge in [0.05, 0.1) is 10.6 Å². The van der Waals surface area contributed by atoms with Gasteiger partial charge in [-0.25, -0.2) is 13.6 Å². The van der Waals surface area contributed by atoms with Crippen molar-refractivity contribution < 1.29 is 18.4 Å². The van der Waals surface area contributed by atoms with Crippen LogP contribution in [0.4, 0.5) is 19.3 Å². The number of nitrogens with zero attached hydrogens (tertiary/aromatic N) is 2. The largest absolute Gasteiger partial charge is 0.324 e. The van der Waals surface area contributed by atoms with Crippen LogP contribution >= 0.6 is 23.4 Å². The number of benzene rings is 2. The maximum Gasteiger partial charge on any atom is 0.321 e. The fourth-order valence-corrected chi connectivity index (χ4v) is 5.48. The van der Waals surface area contributed by atoms with Crippen LogP contribution in [-0.4, -0.2) is 52.0 Å². The molecule has 1 N–H and O–H groups in total. The third-order valence-electron chi connectivity index (χ3n) is 5.52. The highest BCUT2D eigenvalue weighted by Gasteiger charge is 2.47. The number of rotatable bonds is 2. The van der Waals surface area contributed by atoms with Crippen LogP contribution in [0.25, 0.3) is 0 Å². The van der Waals surface area contributed by atoms with Gasteiger partial charge in [0.15, 0.2) is 0 Å². The first-order valence-electron chi connectivity index (χ1n) is 9.60. The molecule has 4 rings (SSSR count). The second kappa shape index (κ2) is 8.43. The zero-order valence-corrected chi connectivity index (χ0v) is 17.6. The monoisotopic (exact) mass is 451 g/mol. The first-order chi connectivity index (χ1) is 14.4. The topological polar surface area (TPSA) is 52.7 Å². The lowest BCUT2D eigenvalue weighted by atomic mass is 10.0. The Kier molecular flexibility index (Phi) is 5.88. The molecular weight excluding hydrogens is 432 g/mol. The van der Waals surface area contributed by atoms with Gasteiger partial charge in [-0.3, -0.25) is 4.79 Å². The molecule has 2 aromatic rings. The standard InChI is InChI=1S/C21H20ClF2N3O2S/c22-15-3-1-14(2-4-15)19(28)27-11-12-30-21(27)7-9-26(10-8-21)20(29)25-18-6-5-16(23)13-17(18)24/h1-6,13H,7-12H2,(H,25,29). The molecule has 5 nitrogen and oxygen atoms in total. The number of carbonyl (C=O) groups excluding carboxylic acids is 2. The van der Waals surface area contributed by atoms with Crippen LogP contribution in [0.3, 0.4) is 0 Å². The van der Waals surface area contributed by atoms with Crippen molar-refractivity contribution in [1.29, 1.82) is 0 Å². The van der Waals surface area contributed by atoms with Crippen molar-refractivity contribution in [3.8, 4) is 0 Å². The highest BCUT2D eigenvalue weighted by Crippen LogP contribution is 2.44. The Balaban J connectivity index is 1.41. The molecule has 2 fully saturated rings. The van der Waals surface area contributed by atoms with E-state index in [1.54, 1.807) is 40.9 Å². The van der Waals surface area contributed by atoms with Gasteiger partial charge in [0.25, 0.3) is 5.91 Å². The molecule has 2 saturated heterocycles. The van der Waals surface area contributed by atoms with E-state index in [4.69, 9.17) is 11.6 Å². The molecule has 1 spiro atoms. The molecular formula is C21H20ClF2N3O2S. The van der Waals surface area contributed by atoms with Gasteiger partial charge in [-0.2, -0.15) is 0 Å². The Hall–Kier alpha value is -2.32. The number of hydrogen-bond donors (Lipinski definition) is 1. The number of halogens is 3. The molecule has 0 bridgehead atoms. The summed E-state index contributed by atoms with van der Waals surface area (Å²) in [5.74, 6) is -0.716. The SMILES string of the molecule is O=C(Nc1ccc(F)cc1F)N1CCC2(CC1)SCCN2C(=O)c1ccc(Cl)cc1. The number of piperidine rings is 1. The third kappa shape index (κ3) is 4.11. The number of anilines is 1. The first kappa shape index (κ1) is 20.9. The van der Waals surface area contributed by atoms with Crippen molar-refractivity contribution in [1.82, 2.24) is 9.80 Å². The summed E-state index contributed by atoms with van der Waals surface area (Å²) in [7, 11) is 0. The molecule has 0 atom stereocenters. The minimum absolute atomic E-state index is 0.0389. The normalized spacial score (nSPS) is 18.0. The van der Waals surface area contributed by atoms with Crippen molar-refractivity contribution in [3.05, 3.63) is 64.7 Å². The van der Waals surface area contributed by atoms with E-state index in [1.165, 1.54) is 6.07 Å². The fourth-order valence-electron chi connectivity index (χ4n) is 3.90. The third-order valence-corrected chi connectivity index (χ3v) is 7.32. The average Bonchev–Trinajstić information content (AvgIpc) is 3.13. The number of amides is 3. The van der Waals surface area contributed by atoms with E-state index in [-0.39, 0.29) is 16.5 Å². The minimum Gasteiger partial charge on any atom is -0.324 e. The molecule has 158 valence electrons. The molecule has 2 heterocycles. The summed E-state index contributed by atoms with van der Waals surface area (Å²) >= 11 is 7.67. The Morgan fingerprint density at radius 1 is 1.03 bits per heavy atom. The molecule has 9 heteroatoms. The van der Waals surface area contributed by atoms with E-state index in [1.807, 2.05) is 4.90 Å². The van der Waals surface area contributed by atoms with Gasteiger partial charge in [0, 0.05) is 42.0 Å². The Bertz CT molecular complexity index is 965. The molecule has 3 amide bonds. The maximum absolute atomic E-state index is 13.8. The molecule has 2 aliphatic heterocycles. The van der Waals surface area contributed by atoms with Gasteiger partial charge in [-0.1, -0.05) is 11.6 Å². The van der Waals surface area contributed by atoms with Crippen LogP contribution in [-0.2, 0) is 0 Å². The van der Waals surface area contributed by atoms with Crippen LogP contribution in [0.5, 0.6) is 0 Å². The number of hydrogen-bond acceptors (Lipinski definition) is 3. The second-order valence-electron chi connectivity index (χ2n) is 7.30. The van der Waals surface area contributed by atoms with E-state index in [9.17, 15) is 18.4 Å². The second-order valence-corrected chi connectivity index (χ2v) is 9.19. The van der Waals surface area contributed by atoms with Gasteiger partial charge < -0.3 is 15.1 Å². The van der Waals surface area contributed by atoms with Crippen molar-refractivity contribution in [2.24, 2.45) is 0 Å². The molecule has 0 saturated carbocycles. The molecule has 0 unspecified atom stereocenters. The molecule has 30 heavy (non-hydrogen) atoms. The molecule has 0 aliphatic carbocycles. The molecule has 2 aromatic carbocycles. The lowest BCUT2D eigenvalue weighted by molar-refractivity contribution is 0.0585. The number of thioether (sulfide) groups is 1. The van der Waals surface area contributed by atoms with Crippen LogP contribution in [0.15, 0.2) is 42.5 Å². The Morgan fingerprint density at radius 3 is 2.40 bits per heavy atom. The number of urea groups is 1. The predicted molar refractivity (Wildman–Crippen MR) is 114 cm³/mol. The summed E-state index contributed by atoms with van der Waals surface area (Å²) in [6, 6.07) is 9.44. The van der Waals surface area contributed by atoms with Gasteiger partial charge in [0.1, 0.15) is 11.6 Å². The summed E-state index contributed by atoms with van der Waals surface area (Å²) < 4.78 is 26.9. The Morgan fingerprint density at radius 2 is 1.73 bits per heavy atom. The lowest BCUT2D eigenvalue weighted by Crippen LogP contribution is -2.54. The van der Waals surface area contributed by atoms with E-state index in [2.05, 4.69) is 5.32 Å². The van der Waals surface area contributed by atoms with Crippen LogP contribution in [0, 0.1) is 11.6 Å².